The number of hydrogen-bond acceptors (Lipinski definition) is 6. The van der Waals surface area contributed by atoms with Crippen molar-refractivity contribution in [2.75, 3.05) is 50.5 Å². The lowest BCUT2D eigenvalue weighted by atomic mass is 10.2. The van der Waals surface area contributed by atoms with Crippen LogP contribution in [-0.2, 0) is 9.59 Å². The Morgan fingerprint density at radius 3 is 2.40 bits per heavy atom. The van der Waals surface area contributed by atoms with Gasteiger partial charge in [-0.25, -0.2) is 0 Å². The average Bonchev–Trinajstić information content (AvgIpc) is 3.14. The van der Waals surface area contributed by atoms with E-state index >= 15 is 0 Å². The molecule has 0 bridgehead atoms. The van der Waals surface area contributed by atoms with Gasteiger partial charge in [-0.2, -0.15) is 0 Å². The molecule has 0 unspecified atom stereocenters. The minimum absolute atomic E-state index is 0.133. The molecule has 9 nitrogen and oxygen atoms in total. The SMILES string of the molecule is COc1ccc(NC(C)=O)cc1NC(=O)CN1CCN(C(=O)c2ccc(C)o2)CC1. The average molecular weight is 414 g/mol. The molecule has 0 radical (unpaired) electrons. The van der Waals surface area contributed by atoms with Crippen molar-refractivity contribution in [3.63, 3.8) is 0 Å². The van der Waals surface area contributed by atoms with Gasteiger partial charge < -0.3 is 24.7 Å². The van der Waals surface area contributed by atoms with Gasteiger partial charge in [0, 0.05) is 38.8 Å². The first-order chi connectivity index (χ1) is 14.4. The molecule has 1 saturated heterocycles. The third-order valence-electron chi connectivity index (χ3n) is 4.77. The van der Waals surface area contributed by atoms with Crippen LogP contribution in [0.4, 0.5) is 11.4 Å². The fraction of sp³-hybridized carbons (Fsp3) is 0.381. The van der Waals surface area contributed by atoms with Crippen molar-refractivity contribution in [2.24, 2.45) is 0 Å². The van der Waals surface area contributed by atoms with E-state index in [1.807, 2.05) is 4.90 Å². The summed E-state index contributed by atoms with van der Waals surface area (Å²) in [6, 6.07) is 8.48. The van der Waals surface area contributed by atoms with Crippen LogP contribution < -0.4 is 15.4 Å². The summed E-state index contributed by atoms with van der Waals surface area (Å²) in [6.07, 6.45) is 0. The number of rotatable bonds is 6. The van der Waals surface area contributed by atoms with E-state index in [0.717, 1.165) is 0 Å². The molecule has 1 aliphatic rings. The van der Waals surface area contributed by atoms with Gasteiger partial charge in [0.25, 0.3) is 5.91 Å². The molecule has 0 aliphatic carbocycles. The molecule has 1 aromatic carbocycles. The molecule has 2 N–H and O–H groups in total. The number of benzene rings is 1. The molecule has 160 valence electrons. The molecule has 1 fully saturated rings. The Bertz CT molecular complexity index is 931. The van der Waals surface area contributed by atoms with E-state index in [4.69, 9.17) is 9.15 Å². The molecular formula is C21H26N4O5. The number of anilines is 2. The second-order valence-electron chi connectivity index (χ2n) is 7.12. The lowest BCUT2D eigenvalue weighted by Gasteiger charge is -2.33. The lowest BCUT2D eigenvalue weighted by Crippen LogP contribution is -2.50. The van der Waals surface area contributed by atoms with E-state index in [-0.39, 0.29) is 24.3 Å². The minimum Gasteiger partial charge on any atom is -0.495 e. The Morgan fingerprint density at radius 2 is 1.80 bits per heavy atom. The number of hydrogen-bond donors (Lipinski definition) is 2. The Labute approximate surface area is 175 Å². The van der Waals surface area contributed by atoms with Crippen LogP contribution in [0.1, 0.15) is 23.2 Å². The Kier molecular flexibility index (Phi) is 6.73. The van der Waals surface area contributed by atoms with Crippen molar-refractivity contribution in [3.8, 4) is 5.75 Å². The quantitative estimate of drug-likeness (QED) is 0.749. The topological polar surface area (TPSA) is 104 Å². The van der Waals surface area contributed by atoms with E-state index < -0.39 is 0 Å². The standard InChI is InChI=1S/C21H26N4O5/c1-14-4-6-19(30-14)21(28)25-10-8-24(9-11-25)13-20(27)23-17-12-16(22-15(2)26)5-7-18(17)29-3/h4-7,12H,8-11,13H2,1-3H3,(H,22,26)(H,23,27). The number of amides is 3. The van der Waals surface area contributed by atoms with E-state index in [0.29, 0.717) is 54.8 Å². The van der Waals surface area contributed by atoms with Gasteiger partial charge in [-0.3, -0.25) is 19.3 Å². The van der Waals surface area contributed by atoms with E-state index in [1.165, 1.54) is 14.0 Å². The molecule has 3 amide bonds. The van der Waals surface area contributed by atoms with E-state index in [2.05, 4.69) is 10.6 Å². The normalized spacial score (nSPS) is 14.3. The van der Waals surface area contributed by atoms with Crippen molar-refractivity contribution in [1.82, 2.24) is 9.80 Å². The Balaban J connectivity index is 1.54. The molecule has 0 spiro atoms. The minimum atomic E-state index is -0.199. The smallest absolute Gasteiger partial charge is 0.289 e. The molecule has 0 saturated carbocycles. The number of carbonyl (C=O) groups excluding carboxylic acids is 3. The van der Waals surface area contributed by atoms with Crippen molar-refractivity contribution in [1.29, 1.82) is 0 Å². The maximum absolute atomic E-state index is 12.5. The number of nitrogens with zero attached hydrogens (tertiary/aromatic N) is 2. The fourth-order valence-electron chi connectivity index (χ4n) is 3.29. The first-order valence-corrected chi connectivity index (χ1v) is 9.69. The number of piperazine rings is 1. The fourth-order valence-corrected chi connectivity index (χ4v) is 3.29. The molecule has 1 aromatic heterocycles. The number of nitrogens with one attached hydrogen (secondary N) is 2. The van der Waals surface area contributed by atoms with Crippen molar-refractivity contribution in [2.45, 2.75) is 13.8 Å². The van der Waals surface area contributed by atoms with Crippen LogP contribution in [0.25, 0.3) is 0 Å². The van der Waals surface area contributed by atoms with E-state index in [9.17, 15) is 14.4 Å². The predicted molar refractivity (Wildman–Crippen MR) is 112 cm³/mol. The number of ether oxygens (including phenoxy) is 1. The summed E-state index contributed by atoms with van der Waals surface area (Å²) in [6.45, 7) is 5.62. The van der Waals surface area contributed by atoms with Crippen LogP contribution in [0.3, 0.4) is 0 Å². The third-order valence-corrected chi connectivity index (χ3v) is 4.77. The van der Waals surface area contributed by atoms with E-state index in [1.54, 1.807) is 42.2 Å². The Morgan fingerprint density at radius 1 is 1.07 bits per heavy atom. The summed E-state index contributed by atoms with van der Waals surface area (Å²) < 4.78 is 10.7. The number of methoxy groups -OCH3 is 1. The van der Waals surface area contributed by atoms with Gasteiger partial charge >= 0.3 is 0 Å². The summed E-state index contributed by atoms with van der Waals surface area (Å²) in [7, 11) is 1.51. The lowest BCUT2D eigenvalue weighted by molar-refractivity contribution is -0.117. The molecule has 30 heavy (non-hydrogen) atoms. The predicted octanol–water partition coefficient (Wildman–Crippen LogP) is 1.95. The molecule has 1 aliphatic heterocycles. The van der Waals surface area contributed by atoms with Crippen LogP contribution in [0, 0.1) is 6.92 Å². The highest BCUT2D eigenvalue weighted by Crippen LogP contribution is 2.28. The molecule has 9 heteroatoms. The third kappa shape index (κ3) is 5.38. The number of furan rings is 1. The van der Waals surface area contributed by atoms with Gasteiger partial charge in [-0.1, -0.05) is 0 Å². The zero-order chi connectivity index (χ0) is 21.7. The van der Waals surface area contributed by atoms with Crippen LogP contribution >= 0.6 is 0 Å². The summed E-state index contributed by atoms with van der Waals surface area (Å²) in [4.78, 5) is 40.0. The molecule has 2 aromatic rings. The second-order valence-corrected chi connectivity index (χ2v) is 7.12. The van der Waals surface area contributed by atoms with Crippen LogP contribution in [0.2, 0.25) is 0 Å². The monoisotopic (exact) mass is 414 g/mol. The Hall–Kier alpha value is -3.33. The first kappa shape index (κ1) is 21.4. The maximum atomic E-state index is 12.5. The van der Waals surface area contributed by atoms with Gasteiger partial charge in [0.05, 0.1) is 19.3 Å². The highest BCUT2D eigenvalue weighted by molar-refractivity contribution is 5.96. The highest BCUT2D eigenvalue weighted by atomic mass is 16.5. The number of aryl methyl sites for hydroxylation is 1. The molecule has 3 rings (SSSR count). The molecular weight excluding hydrogens is 388 g/mol. The zero-order valence-corrected chi connectivity index (χ0v) is 17.4. The van der Waals surface area contributed by atoms with Crippen LogP contribution in [0.5, 0.6) is 5.75 Å². The first-order valence-electron chi connectivity index (χ1n) is 9.69. The van der Waals surface area contributed by atoms with Crippen molar-refractivity contribution in [3.05, 3.63) is 41.9 Å². The highest BCUT2D eigenvalue weighted by Gasteiger charge is 2.25. The molecule has 2 heterocycles. The van der Waals surface area contributed by atoms with Gasteiger partial charge in [0.2, 0.25) is 11.8 Å². The van der Waals surface area contributed by atoms with Gasteiger partial charge in [0.15, 0.2) is 5.76 Å². The summed E-state index contributed by atoms with van der Waals surface area (Å²) in [5.41, 5.74) is 1.05. The van der Waals surface area contributed by atoms with Crippen molar-refractivity contribution >= 4 is 29.1 Å². The van der Waals surface area contributed by atoms with Gasteiger partial charge in [-0.05, 0) is 37.3 Å². The zero-order valence-electron chi connectivity index (χ0n) is 17.4. The van der Waals surface area contributed by atoms with Gasteiger partial charge in [-0.15, -0.1) is 0 Å². The maximum Gasteiger partial charge on any atom is 0.289 e. The summed E-state index contributed by atoms with van der Waals surface area (Å²) in [5.74, 6) is 1.01. The molecule has 0 atom stereocenters. The number of carbonyl (C=O) groups is 3. The van der Waals surface area contributed by atoms with Crippen molar-refractivity contribution < 1.29 is 23.5 Å². The summed E-state index contributed by atoms with van der Waals surface area (Å²) >= 11 is 0. The summed E-state index contributed by atoms with van der Waals surface area (Å²) in [5, 5.41) is 5.51. The van der Waals surface area contributed by atoms with Crippen LogP contribution in [0.15, 0.2) is 34.7 Å². The largest absolute Gasteiger partial charge is 0.495 e. The second kappa shape index (κ2) is 9.45. The van der Waals surface area contributed by atoms with Crippen LogP contribution in [-0.4, -0.2) is 67.4 Å². The van der Waals surface area contributed by atoms with Gasteiger partial charge in [0.1, 0.15) is 11.5 Å².